The van der Waals surface area contributed by atoms with Crippen LogP contribution in [0.1, 0.15) is 0 Å². The fourth-order valence-corrected chi connectivity index (χ4v) is 10.7. The molecule has 0 bridgehead atoms. The lowest BCUT2D eigenvalue weighted by atomic mass is 10.0. The van der Waals surface area contributed by atoms with Gasteiger partial charge in [-0.2, -0.15) is 0 Å². The first-order chi connectivity index (χ1) is 34.2. The topological polar surface area (TPSA) is 40.6 Å². The highest BCUT2D eigenvalue weighted by atomic mass is 15.0. The van der Waals surface area contributed by atoms with Gasteiger partial charge in [0.15, 0.2) is 5.82 Å². The number of fused-ring (bicyclic) bond motifs is 9. The van der Waals surface area contributed by atoms with E-state index in [1.807, 2.05) is 0 Å². The Labute approximate surface area is 398 Å². The van der Waals surface area contributed by atoms with Gasteiger partial charge in [0.1, 0.15) is 0 Å². The molecule has 10 aromatic carbocycles. The van der Waals surface area contributed by atoms with Gasteiger partial charge in [0.25, 0.3) is 0 Å². The molecule has 0 amide bonds. The van der Waals surface area contributed by atoms with Gasteiger partial charge in [-0.1, -0.05) is 170 Å². The monoisotopic (exact) mass is 879 g/mol. The van der Waals surface area contributed by atoms with Crippen LogP contribution in [0.5, 0.6) is 0 Å². The number of hydrogen-bond acceptors (Lipinski definition) is 2. The van der Waals surface area contributed by atoms with Crippen LogP contribution in [0.3, 0.4) is 0 Å². The van der Waals surface area contributed by atoms with Crippen molar-refractivity contribution < 1.29 is 0 Å². The molecule has 0 saturated heterocycles. The van der Waals surface area contributed by atoms with E-state index in [4.69, 9.17) is 9.97 Å². The number of rotatable bonds is 7. The summed E-state index contributed by atoms with van der Waals surface area (Å²) in [6.45, 7) is 0. The molecule has 322 valence electrons. The van der Waals surface area contributed by atoms with Crippen LogP contribution in [-0.2, 0) is 0 Å². The number of hydrogen-bond donors (Lipinski definition) is 0. The van der Waals surface area contributed by atoms with E-state index in [0.717, 1.165) is 78.3 Å². The zero-order valence-electron chi connectivity index (χ0n) is 37.4. The molecule has 0 fully saturated rings. The van der Waals surface area contributed by atoms with Crippen LogP contribution in [0.2, 0.25) is 0 Å². The highest BCUT2D eigenvalue weighted by Crippen LogP contribution is 2.39. The second-order valence-corrected chi connectivity index (χ2v) is 17.8. The highest BCUT2D eigenvalue weighted by Gasteiger charge is 2.20. The Balaban J connectivity index is 1.01. The minimum Gasteiger partial charge on any atom is -0.309 e. The minimum absolute atomic E-state index is 0.660. The Kier molecular flexibility index (Phi) is 8.83. The Bertz CT molecular complexity index is 4010. The van der Waals surface area contributed by atoms with Gasteiger partial charge in [0.2, 0.25) is 0 Å². The molecule has 0 atom stereocenters. The molecule has 4 heterocycles. The smallest absolute Gasteiger partial charge is 0.160 e. The number of benzene rings is 10. The summed E-state index contributed by atoms with van der Waals surface area (Å²) in [6.07, 6.45) is 0. The third-order valence-electron chi connectivity index (χ3n) is 13.8. The predicted molar refractivity (Wildman–Crippen MR) is 287 cm³/mol. The van der Waals surface area contributed by atoms with Crippen LogP contribution < -0.4 is 0 Å². The quantitative estimate of drug-likeness (QED) is 0.160. The highest BCUT2D eigenvalue weighted by molar-refractivity contribution is 6.11. The van der Waals surface area contributed by atoms with Crippen molar-refractivity contribution in [3.63, 3.8) is 0 Å². The van der Waals surface area contributed by atoms with E-state index in [0.29, 0.717) is 5.82 Å². The first kappa shape index (κ1) is 38.9. The first-order valence-electron chi connectivity index (χ1n) is 23.5. The standard InChI is InChI=1S/C64H41N5/c1-2-17-42(18-3-1)44-19-16-20-45(37-44)64-65-56(43-33-35-47(36-34-43)67-58-27-10-4-21-50(58)51-22-5-11-28-59(51)67)41-57(66-64)46-38-48(68-60-29-12-6-23-52(60)53-24-7-13-30-61(53)68)40-49(39-46)69-62-31-14-8-25-54(62)55-26-9-15-32-63(55)69/h1-41H. The van der Waals surface area contributed by atoms with Gasteiger partial charge in [-0.15, -0.1) is 0 Å². The molecule has 0 aliphatic rings. The fraction of sp³-hybridized carbons (Fsp3) is 0. The fourth-order valence-electron chi connectivity index (χ4n) is 10.7. The SMILES string of the molecule is c1ccc(-c2cccc(-c3nc(-c4ccc(-n5c6ccccc6c6ccccc65)cc4)cc(-c4cc(-n5c6ccccc6c6ccccc65)cc(-n5c6ccccc6c6ccccc65)c4)n3)c2)cc1. The van der Waals surface area contributed by atoms with E-state index in [2.05, 4.69) is 262 Å². The van der Waals surface area contributed by atoms with Crippen molar-refractivity contribution >= 4 is 65.4 Å². The molecule has 5 heteroatoms. The second kappa shape index (κ2) is 15.7. The van der Waals surface area contributed by atoms with E-state index >= 15 is 0 Å². The summed E-state index contributed by atoms with van der Waals surface area (Å²) in [5.74, 6) is 0.660. The summed E-state index contributed by atoms with van der Waals surface area (Å²) in [6, 6.07) is 89.2. The first-order valence-corrected chi connectivity index (χ1v) is 23.5. The second-order valence-electron chi connectivity index (χ2n) is 17.8. The Morgan fingerprint density at radius 3 is 1.03 bits per heavy atom. The zero-order valence-corrected chi connectivity index (χ0v) is 37.4. The maximum Gasteiger partial charge on any atom is 0.160 e. The molecule has 0 spiro atoms. The number of para-hydroxylation sites is 6. The van der Waals surface area contributed by atoms with Crippen molar-refractivity contribution in [2.75, 3.05) is 0 Å². The zero-order chi connectivity index (χ0) is 45.4. The molecule has 5 nitrogen and oxygen atoms in total. The summed E-state index contributed by atoms with van der Waals surface area (Å²) in [5.41, 5.74) is 17.0. The minimum atomic E-state index is 0.660. The molecule has 14 rings (SSSR count). The van der Waals surface area contributed by atoms with E-state index in [1.165, 1.54) is 43.4 Å². The largest absolute Gasteiger partial charge is 0.309 e. The molecule has 14 aromatic rings. The maximum absolute atomic E-state index is 5.52. The summed E-state index contributed by atoms with van der Waals surface area (Å²) in [7, 11) is 0. The van der Waals surface area contributed by atoms with Crippen molar-refractivity contribution in [2.24, 2.45) is 0 Å². The molecule has 0 aliphatic carbocycles. The van der Waals surface area contributed by atoms with Gasteiger partial charge in [0, 0.05) is 66.1 Å². The maximum atomic E-state index is 5.52. The number of aromatic nitrogens is 5. The van der Waals surface area contributed by atoms with Gasteiger partial charge in [-0.05, 0) is 90.0 Å². The Hall–Kier alpha value is -9.32. The lowest BCUT2D eigenvalue weighted by Crippen LogP contribution is -2.02. The molecule has 0 radical (unpaired) electrons. The third kappa shape index (κ3) is 6.32. The molecule has 0 saturated carbocycles. The summed E-state index contributed by atoms with van der Waals surface area (Å²) >= 11 is 0. The van der Waals surface area contributed by atoms with Gasteiger partial charge in [0.05, 0.1) is 44.5 Å². The van der Waals surface area contributed by atoms with Crippen LogP contribution in [-0.4, -0.2) is 23.7 Å². The molecule has 0 unspecified atom stereocenters. The lowest BCUT2D eigenvalue weighted by Gasteiger charge is -2.16. The molecule has 69 heavy (non-hydrogen) atoms. The van der Waals surface area contributed by atoms with E-state index in [9.17, 15) is 0 Å². The van der Waals surface area contributed by atoms with E-state index < -0.39 is 0 Å². The van der Waals surface area contributed by atoms with Crippen molar-refractivity contribution in [3.8, 4) is 62.1 Å². The van der Waals surface area contributed by atoms with Crippen molar-refractivity contribution in [3.05, 3.63) is 249 Å². The number of nitrogens with zero attached hydrogens (tertiary/aromatic N) is 5. The van der Waals surface area contributed by atoms with Gasteiger partial charge < -0.3 is 13.7 Å². The van der Waals surface area contributed by atoms with Gasteiger partial charge >= 0.3 is 0 Å². The average molecular weight is 880 g/mol. The van der Waals surface area contributed by atoms with Crippen LogP contribution in [0.15, 0.2) is 249 Å². The molecular weight excluding hydrogens is 839 g/mol. The van der Waals surface area contributed by atoms with Gasteiger partial charge in [-0.25, -0.2) is 9.97 Å². The summed E-state index contributed by atoms with van der Waals surface area (Å²) in [4.78, 5) is 10.9. The normalized spacial score (nSPS) is 11.8. The summed E-state index contributed by atoms with van der Waals surface area (Å²) in [5, 5.41) is 7.33. The van der Waals surface area contributed by atoms with Crippen molar-refractivity contribution in [1.29, 1.82) is 0 Å². The average Bonchev–Trinajstić information content (AvgIpc) is 4.07. The molecule has 0 N–H and O–H groups in total. The Morgan fingerprint density at radius 2 is 0.580 bits per heavy atom. The molecule has 4 aromatic heterocycles. The van der Waals surface area contributed by atoms with Gasteiger partial charge in [-0.3, -0.25) is 0 Å². The predicted octanol–water partition coefficient (Wildman–Crippen LogP) is 16.4. The van der Waals surface area contributed by atoms with Crippen LogP contribution in [0.4, 0.5) is 0 Å². The lowest BCUT2D eigenvalue weighted by molar-refractivity contribution is 1.13. The van der Waals surface area contributed by atoms with E-state index in [-0.39, 0.29) is 0 Å². The molecular formula is C64H41N5. The molecule has 0 aliphatic heterocycles. The van der Waals surface area contributed by atoms with Crippen molar-refractivity contribution in [1.82, 2.24) is 23.7 Å². The summed E-state index contributed by atoms with van der Waals surface area (Å²) < 4.78 is 7.17. The van der Waals surface area contributed by atoms with Crippen LogP contribution in [0.25, 0.3) is 128 Å². The van der Waals surface area contributed by atoms with Crippen LogP contribution >= 0.6 is 0 Å². The van der Waals surface area contributed by atoms with E-state index in [1.54, 1.807) is 0 Å². The third-order valence-corrected chi connectivity index (χ3v) is 13.8. The van der Waals surface area contributed by atoms with Crippen LogP contribution in [0, 0.1) is 0 Å². The Morgan fingerprint density at radius 1 is 0.217 bits per heavy atom. The van der Waals surface area contributed by atoms with Crippen molar-refractivity contribution in [2.45, 2.75) is 0 Å².